The molecule has 1 heterocycles. The highest BCUT2D eigenvalue weighted by Gasteiger charge is 1.98. The first kappa shape index (κ1) is 10.2. The molecule has 2 heteroatoms. The van der Waals surface area contributed by atoms with Crippen molar-refractivity contribution in [3.63, 3.8) is 0 Å². The van der Waals surface area contributed by atoms with Crippen molar-refractivity contribution in [2.75, 3.05) is 5.32 Å². The Bertz CT molecular complexity index is 428. The van der Waals surface area contributed by atoms with Crippen LogP contribution in [0.2, 0.25) is 0 Å². The Morgan fingerprint density at radius 2 is 1.80 bits per heavy atom. The van der Waals surface area contributed by atoms with Crippen molar-refractivity contribution < 1.29 is 0 Å². The summed E-state index contributed by atoms with van der Waals surface area (Å²) in [5, 5.41) is 5.57. The van der Waals surface area contributed by atoms with Crippen LogP contribution in [0.15, 0.2) is 35.7 Å². The van der Waals surface area contributed by atoms with Crippen LogP contribution in [-0.4, -0.2) is 0 Å². The molecule has 0 saturated heterocycles. The fraction of sp³-hybridized carbons (Fsp3) is 0.231. The molecule has 0 atom stereocenters. The Morgan fingerprint density at radius 3 is 2.40 bits per heavy atom. The Morgan fingerprint density at radius 1 is 1.07 bits per heavy atom. The van der Waals surface area contributed by atoms with E-state index in [4.69, 9.17) is 0 Å². The summed E-state index contributed by atoms with van der Waals surface area (Å²) in [6.45, 7) is 5.18. The number of hydrogen-bond donors (Lipinski definition) is 1. The average molecular weight is 217 g/mol. The summed E-state index contributed by atoms with van der Waals surface area (Å²) in [5.41, 5.74) is 3.86. The second kappa shape index (κ2) is 4.49. The molecule has 1 N–H and O–H groups in total. The lowest BCUT2D eigenvalue weighted by Crippen LogP contribution is -1.98. The van der Waals surface area contributed by atoms with Gasteiger partial charge < -0.3 is 5.32 Å². The third kappa shape index (κ3) is 2.60. The molecule has 0 aliphatic carbocycles. The van der Waals surface area contributed by atoms with E-state index >= 15 is 0 Å². The van der Waals surface area contributed by atoms with Crippen LogP contribution in [0.4, 0.5) is 5.69 Å². The minimum atomic E-state index is 0.923. The van der Waals surface area contributed by atoms with Crippen molar-refractivity contribution in [3.8, 4) is 0 Å². The molecule has 0 fully saturated rings. The van der Waals surface area contributed by atoms with Crippen molar-refractivity contribution in [3.05, 3.63) is 51.7 Å². The zero-order valence-electron chi connectivity index (χ0n) is 9.08. The highest BCUT2D eigenvalue weighted by Crippen LogP contribution is 2.17. The monoisotopic (exact) mass is 217 g/mol. The largest absolute Gasteiger partial charge is 0.380 e. The lowest BCUT2D eigenvalue weighted by Gasteiger charge is -2.05. The zero-order valence-corrected chi connectivity index (χ0v) is 9.90. The quantitative estimate of drug-likeness (QED) is 0.820. The van der Waals surface area contributed by atoms with Gasteiger partial charge in [-0.2, -0.15) is 0 Å². The third-order valence-corrected chi connectivity index (χ3v) is 3.50. The summed E-state index contributed by atoms with van der Waals surface area (Å²) < 4.78 is 0. The first-order valence-corrected chi connectivity index (χ1v) is 5.97. The topological polar surface area (TPSA) is 12.0 Å². The molecule has 15 heavy (non-hydrogen) atoms. The van der Waals surface area contributed by atoms with Crippen LogP contribution in [0.25, 0.3) is 0 Å². The van der Waals surface area contributed by atoms with Crippen LogP contribution in [0.5, 0.6) is 0 Å². The Kier molecular flexibility index (Phi) is 3.07. The smallest absolute Gasteiger partial charge is 0.0496 e. The molecular weight excluding hydrogens is 202 g/mol. The maximum absolute atomic E-state index is 3.43. The van der Waals surface area contributed by atoms with Gasteiger partial charge >= 0.3 is 0 Å². The maximum Gasteiger partial charge on any atom is 0.0496 e. The molecule has 0 saturated carbocycles. The van der Waals surface area contributed by atoms with Crippen molar-refractivity contribution in [1.29, 1.82) is 0 Å². The van der Waals surface area contributed by atoms with Crippen molar-refractivity contribution in [2.24, 2.45) is 0 Å². The molecule has 1 aromatic heterocycles. The van der Waals surface area contributed by atoms with E-state index in [1.54, 1.807) is 0 Å². The van der Waals surface area contributed by atoms with Crippen LogP contribution in [0.3, 0.4) is 0 Å². The summed E-state index contributed by atoms with van der Waals surface area (Å²) in [7, 11) is 0. The fourth-order valence-corrected chi connectivity index (χ4v) is 2.28. The predicted octanol–water partition coefficient (Wildman–Crippen LogP) is 3.98. The summed E-state index contributed by atoms with van der Waals surface area (Å²) in [6, 6.07) is 10.7. The lowest BCUT2D eigenvalue weighted by molar-refractivity contribution is 1.17. The molecule has 0 spiro atoms. The normalized spacial score (nSPS) is 10.3. The first-order valence-electron chi connectivity index (χ1n) is 5.09. The van der Waals surface area contributed by atoms with E-state index in [-0.39, 0.29) is 0 Å². The number of hydrogen-bond acceptors (Lipinski definition) is 2. The number of anilines is 1. The van der Waals surface area contributed by atoms with Gasteiger partial charge in [0.15, 0.2) is 0 Å². The molecule has 0 radical (unpaired) electrons. The summed E-state index contributed by atoms with van der Waals surface area (Å²) in [6.07, 6.45) is 0. The predicted molar refractivity (Wildman–Crippen MR) is 67.6 cm³/mol. The van der Waals surface area contributed by atoms with Gasteiger partial charge in [0.05, 0.1) is 0 Å². The molecule has 2 aromatic rings. The van der Waals surface area contributed by atoms with Gasteiger partial charge in [-0.15, -0.1) is 11.3 Å². The molecule has 2 rings (SSSR count). The summed E-state index contributed by atoms with van der Waals surface area (Å²) in [4.78, 5) is 1.41. The number of nitrogens with one attached hydrogen (secondary N) is 1. The van der Waals surface area contributed by atoms with Crippen molar-refractivity contribution in [2.45, 2.75) is 20.4 Å². The van der Waals surface area contributed by atoms with E-state index in [0.29, 0.717) is 0 Å². The fourth-order valence-electron chi connectivity index (χ4n) is 1.44. The summed E-state index contributed by atoms with van der Waals surface area (Å²) in [5.74, 6) is 0. The van der Waals surface area contributed by atoms with Gasteiger partial charge in [0.1, 0.15) is 0 Å². The molecule has 78 valence electrons. The van der Waals surface area contributed by atoms with Gasteiger partial charge in [0, 0.05) is 17.1 Å². The molecule has 0 aliphatic heterocycles. The van der Waals surface area contributed by atoms with Crippen LogP contribution in [0, 0.1) is 13.8 Å². The van der Waals surface area contributed by atoms with Crippen LogP contribution < -0.4 is 5.32 Å². The van der Waals surface area contributed by atoms with Crippen LogP contribution in [0.1, 0.15) is 16.0 Å². The molecule has 0 aliphatic rings. The Labute approximate surface area is 94.8 Å². The van der Waals surface area contributed by atoms with Gasteiger partial charge in [0.25, 0.3) is 0 Å². The van der Waals surface area contributed by atoms with Gasteiger partial charge in [-0.1, -0.05) is 17.7 Å². The van der Waals surface area contributed by atoms with E-state index in [1.165, 1.54) is 21.7 Å². The average Bonchev–Trinajstić information content (AvgIpc) is 2.63. The molecule has 0 unspecified atom stereocenters. The van der Waals surface area contributed by atoms with Crippen molar-refractivity contribution >= 4 is 17.0 Å². The van der Waals surface area contributed by atoms with E-state index in [1.807, 2.05) is 11.3 Å². The van der Waals surface area contributed by atoms with Gasteiger partial charge in [-0.3, -0.25) is 0 Å². The number of rotatable bonds is 3. The maximum atomic E-state index is 3.43. The zero-order chi connectivity index (χ0) is 10.7. The number of benzene rings is 1. The first-order chi connectivity index (χ1) is 7.25. The molecule has 1 nitrogen and oxygen atoms in total. The SMILES string of the molecule is Cc1ccc(NCc2sccc2C)cc1. The second-order valence-corrected chi connectivity index (χ2v) is 4.75. The van der Waals surface area contributed by atoms with E-state index in [0.717, 1.165) is 6.54 Å². The minimum absolute atomic E-state index is 0.923. The van der Waals surface area contributed by atoms with Gasteiger partial charge in [-0.25, -0.2) is 0 Å². The second-order valence-electron chi connectivity index (χ2n) is 3.75. The Hall–Kier alpha value is -1.28. The van der Waals surface area contributed by atoms with E-state index in [2.05, 4.69) is 54.9 Å². The standard InChI is InChI=1S/C13H15NS/c1-10-3-5-12(6-4-10)14-9-13-11(2)7-8-15-13/h3-8,14H,9H2,1-2H3. The van der Waals surface area contributed by atoms with Crippen LogP contribution in [-0.2, 0) is 6.54 Å². The lowest BCUT2D eigenvalue weighted by atomic mass is 10.2. The minimum Gasteiger partial charge on any atom is -0.380 e. The van der Waals surface area contributed by atoms with Crippen LogP contribution >= 0.6 is 11.3 Å². The molecular formula is C13H15NS. The Balaban J connectivity index is 1.99. The molecule has 0 amide bonds. The summed E-state index contributed by atoms with van der Waals surface area (Å²) >= 11 is 1.81. The van der Waals surface area contributed by atoms with E-state index in [9.17, 15) is 0 Å². The van der Waals surface area contributed by atoms with E-state index < -0.39 is 0 Å². The van der Waals surface area contributed by atoms with Gasteiger partial charge in [0.2, 0.25) is 0 Å². The third-order valence-electron chi connectivity index (χ3n) is 2.47. The highest BCUT2D eigenvalue weighted by molar-refractivity contribution is 7.10. The van der Waals surface area contributed by atoms with Crippen molar-refractivity contribution in [1.82, 2.24) is 0 Å². The number of aryl methyl sites for hydroxylation is 2. The highest BCUT2D eigenvalue weighted by atomic mass is 32.1. The molecule has 1 aromatic carbocycles. The number of thiophene rings is 1. The molecule has 0 bridgehead atoms. The van der Waals surface area contributed by atoms with Gasteiger partial charge in [-0.05, 0) is 43.0 Å².